The summed E-state index contributed by atoms with van der Waals surface area (Å²) in [5.41, 5.74) is 0. The summed E-state index contributed by atoms with van der Waals surface area (Å²) < 4.78 is 44.9. The molecule has 0 saturated carbocycles. The Balaban J connectivity index is 1.42. The molecule has 2 amide bonds. The first-order chi connectivity index (χ1) is 13.4. The van der Waals surface area contributed by atoms with Crippen LogP contribution in [0.3, 0.4) is 0 Å². The van der Waals surface area contributed by atoms with Crippen molar-refractivity contribution in [2.24, 2.45) is 0 Å². The quantitative estimate of drug-likeness (QED) is 0.726. The van der Waals surface area contributed by atoms with Crippen LogP contribution in [0.15, 0.2) is 29.2 Å². The molecule has 2 fully saturated rings. The molecule has 0 bridgehead atoms. The first kappa shape index (κ1) is 20.7. The minimum atomic E-state index is -3.79. The van der Waals surface area contributed by atoms with Gasteiger partial charge in [0.05, 0.1) is 4.90 Å². The lowest BCUT2D eigenvalue weighted by Gasteiger charge is -2.35. The van der Waals surface area contributed by atoms with Crippen LogP contribution in [0.2, 0.25) is 0 Å². The summed E-state index contributed by atoms with van der Waals surface area (Å²) in [7, 11) is -3.79. The highest BCUT2D eigenvalue weighted by Crippen LogP contribution is 2.16. The number of halogens is 1. The lowest BCUT2D eigenvalue weighted by molar-refractivity contribution is -0.145. The first-order valence-electron chi connectivity index (χ1n) is 9.30. The van der Waals surface area contributed by atoms with Crippen molar-refractivity contribution in [2.45, 2.75) is 30.3 Å². The zero-order valence-electron chi connectivity index (χ0n) is 15.5. The molecule has 28 heavy (non-hydrogen) atoms. The number of benzene rings is 1. The van der Waals surface area contributed by atoms with Crippen molar-refractivity contribution in [3.8, 4) is 0 Å². The molecule has 2 saturated heterocycles. The number of sulfonamides is 1. The molecule has 154 valence electrons. The number of carbonyl (C=O) groups excluding carboxylic acids is 2. The van der Waals surface area contributed by atoms with Gasteiger partial charge in [0.1, 0.15) is 11.9 Å². The Morgan fingerprint density at radius 3 is 2.36 bits per heavy atom. The minimum absolute atomic E-state index is 0.0140. The molecule has 1 aromatic rings. The number of amides is 2. The van der Waals surface area contributed by atoms with Crippen molar-refractivity contribution in [3.05, 3.63) is 30.1 Å². The van der Waals surface area contributed by atoms with Gasteiger partial charge in [-0.1, -0.05) is 0 Å². The second-order valence-electron chi connectivity index (χ2n) is 6.81. The molecule has 10 heteroatoms. The Labute approximate surface area is 163 Å². The molecular weight excluding hydrogens is 389 g/mol. The van der Waals surface area contributed by atoms with Crippen molar-refractivity contribution in [2.75, 3.05) is 39.3 Å². The molecule has 8 nitrogen and oxygen atoms in total. The molecule has 3 rings (SSSR count). The molecule has 1 unspecified atom stereocenters. The van der Waals surface area contributed by atoms with Gasteiger partial charge in [-0.3, -0.25) is 9.59 Å². The average molecular weight is 413 g/mol. The van der Waals surface area contributed by atoms with Crippen molar-refractivity contribution in [1.82, 2.24) is 14.5 Å². The van der Waals surface area contributed by atoms with Gasteiger partial charge in [0, 0.05) is 45.8 Å². The van der Waals surface area contributed by atoms with Crippen LogP contribution in [-0.2, 0) is 24.3 Å². The Hall–Kier alpha value is -2.04. The number of nitrogens with one attached hydrogen (secondary N) is 1. The van der Waals surface area contributed by atoms with Gasteiger partial charge in [0.15, 0.2) is 0 Å². The predicted octanol–water partition coefficient (Wildman–Crippen LogP) is 0.344. The van der Waals surface area contributed by atoms with E-state index in [1.165, 1.54) is 12.1 Å². The zero-order chi connectivity index (χ0) is 20.1. The van der Waals surface area contributed by atoms with E-state index < -0.39 is 15.8 Å². The van der Waals surface area contributed by atoms with Crippen molar-refractivity contribution in [3.63, 3.8) is 0 Å². The third-order valence-electron chi connectivity index (χ3n) is 4.90. The van der Waals surface area contributed by atoms with Crippen LogP contribution in [0.1, 0.15) is 19.3 Å². The zero-order valence-corrected chi connectivity index (χ0v) is 16.3. The highest BCUT2D eigenvalue weighted by atomic mass is 32.2. The van der Waals surface area contributed by atoms with E-state index in [0.29, 0.717) is 32.8 Å². The van der Waals surface area contributed by atoms with Gasteiger partial charge < -0.3 is 14.5 Å². The summed E-state index contributed by atoms with van der Waals surface area (Å²) in [6.45, 7) is 2.30. The third kappa shape index (κ3) is 5.06. The normalized spacial score (nSPS) is 20.4. The topological polar surface area (TPSA) is 96.0 Å². The van der Waals surface area contributed by atoms with Gasteiger partial charge in [0.25, 0.3) is 5.91 Å². The fourth-order valence-electron chi connectivity index (χ4n) is 3.30. The van der Waals surface area contributed by atoms with Crippen LogP contribution >= 0.6 is 0 Å². The number of hydrogen-bond acceptors (Lipinski definition) is 5. The Kier molecular flexibility index (Phi) is 6.63. The Morgan fingerprint density at radius 2 is 1.75 bits per heavy atom. The maximum Gasteiger partial charge on any atom is 0.251 e. The van der Waals surface area contributed by atoms with Gasteiger partial charge in [0.2, 0.25) is 15.9 Å². The van der Waals surface area contributed by atoms with E-state index in [2.05, 4.69) is 4.72 Å². The molecular formula is C18H24FN3O5S. The van der Waals surface area contributed by atoms with Crippen LogP contribution in [-0.4, -0.2) is 75.5 Å². The SMILES string of the molecule is O=C(CCNS(=O)(=O)c1ccc(F)cc1)N1CCN(C(=O)C2CCCO2)CC1. The fraction of sp³-hybridized carbons (Fsp3) is 0.556. The van der Waals surface area contributed by atoms with Crippen LogP contribution < -0.4 is 4.72 Å². The van der Waals surface area contributed by atoms with Gasteiger partial charge >= 0.3 is 0 Å². The van der Waals surface area contributed by atoms with Gasteiger partial charge in [-0.25, -0.2) is 17.5 Å². The van der Waals surface area contributed by atoms with Crippen LogP contribution in [0, 0.1) is 5.82 Å². The summed E-state index contributed by atoms with van der Waals surface area (Å²) in [4.78, 5) is 27.9. The molecule has 1 aromatic carbocycles. The Bertz CT molecular complexity index is 801. The second kappa shape index (κ2) is 8.97. The highest BCUT2D eigenvalue weighted by molar-refractivity contribution is 7.89. The number of hydrogen-bond donors (Lipinski definition) is 1. The molecule has 2 aliphatic heterocycles. The molecule has 2 aliphatic rings. The van der Waals surface area contributed by atoms with E-state index in [4.69, 9.17) is 4.74 Å². The standard InChI is InChI=1S/C18H24FN3O5S/c19-14-3-5-15(6-4-14)28(25,26)20-8-7-17(23)21-9-11-22(12-10-21)18(24)16-2-1-13-27-16/h3-6,16,20H,1-2,7-13H2. The number of carbonyl (C=O) groups is 2. The minimum Gasteiger partial charge on any atom is -0.368 e. The summed E-state index contributed by atoms with van der Waals surface area (Å²) in [6.07, 6.45) is 1.29. The van der Waals surface area contributed by atoms with Crippen molar-refractivity contribution < 1.29 is 27.1 Å². The Morgan fingerprint density at radius 1 is 1.11 bits per heavy atom. The molecule has 0 aliphatic carbocycles. The van der Waals surface area contributed by atoms with Crippen LogP contribution in [0.5, 0.6) is 0 Å². The molecule has 2 heterocycles. The number of nitrogens with zero attached hydrogens (tertiary/aromatic N) is 2. The van der Waals surface area contributed by atoms with Crippen LogP contribution in [0.4, 0.5) is 4.39 Å². The summed E-state index contributed by atoms with van der Waals surface area (Å²) in [5, 5.41) is 0. The molecule has 1 atom stereocenters. The average Bonchev–Trinajstić information content (AvgIpc) is 3.22. The molecule has 1 N–H and O–H groups in total. The second-order valence-corrected chi connectivity index (χ2v) is 8.58. The first-order valence-corrected chi connectivity index (χ1v) is 10.8. The van der Waals surface area contributed by atoms with Gasteiger partial charge in [-0.2, -0.15) is 0 Å². The van der Waals surface area contributed by atoms with Gasteiger partial charge in [-0.05, 0) is 37.1 Å². The van der Waals surface area contributed by atoms with Crippen molar-refractivity contribution >= 4 is 21.8 Å². The fourth-order valence-corrected chi connectivity index (χ4v) is 4.33. The molecule has 0 radical (unpaired) electrons. The van der Waals surface area contributed by atoms with E-state index in [1.807, 2.05) is 0 Å². The van der Waals surface area contributed by atoms with E-state index >= 15 is 0 Å². The maximum atomic E-state index is 12.9. The van der Waals surface area contributed by atoms with E-state index in [1.54, 1.807) is 9.80 Å². The summed E-state index contributed by atoms with van der Waals surface area (Å²) >= 11 is 0. The summed E-state index contributed by atoms with van der Waals surface area (Å²) in [6, 6.07) is 4.47. The lowest BCUT2D eigenvalue weighted by atomic mass is 10.2. The third-order valence-corrected chi connectivity index (χ3v) is 6.38. The molecule has 0 spiro atoms. The number of ether oxygens (including phenoxy) is 1. The predicted molar refractivity (Wildman–Crippen MR) is 98.3 cm³/mol. The lowest BCUT2D eigenvalue weighted by Crippen LogP contribution is -2.53. The van der Waals surface area contributed by atoms with Crippen molar-refractivity contribution in [1.29, 1.82) is 0 Å². The maximum absolute atomic E-state index is 12.9. The van der Waals surface area contributed by atoms with Gasteiger partial charge in [-0.15, -0.1) is 0 Å². The van der Waals surface area contributed by atoms with Crippen LogP contribution in [0.25, 0.3) is 0 Å². The van der Waals surface area contributed by atoms with E-state index in [9.17, 15) is 22.4 Å². The smallest absolute Gasteiger partial charge is 0.251 e. The van der Waals surface area contributed by atoms with E-state index in [-0.39, 0.29) is 35.8 Å². The number of piperazine rings is 1. The summed E-state index contributed by atoms with van der Waals surface area (Å²) in [5.74, 6) is -0.714. The largest absolute Gasteiger partial charge is 0.368 e. The highest BCUT2D eigenvalue weighted by Gasteiger charge is 2.31. The molecule has 0 aromatic heterocycles. The number of rotatable bonds is 6. The monoisotopic (exact) mass is 413 g/mol. The van der Waals surface area contributed by atoms with E-state index in [0.717, 1.165) is 25.0 Å².